The van der Waals surface area contributed by atoms with Gasteiger partial charge in [-0.15, -0.1) is 0 Å². The molecule has 0 unspecified atom stereocenters. The first-order valence-electron chi connectivity index (χ1n) is 7.76. The smallest absolute Gasteiger partial charge is 0.416 e. The summed E-state index contributed by atoms with van der Waals surface area (Å²) in [5, 5.41) is 7.19. The molecular formula is C17H14BrF3N4O2. The maximum atomic E-state index is 13.5. The highest BCUT2D eigenvalue weighted by Gasteiger charge is 2.35. The van der Waals surface area contributed by atoms with Crippen molar-refractivity contribution >= 4 is 15.9 Å². The van der Waals surface area contributed by atoms with Gasteiger partial charge in [0.2, 0.25) is 0 Å². The third-order valence-corrected chi connectivity index (χ3v) is 4.49. The largest absolute Gasteiger partial charge is 0.488 e. The summed E-state index contributed by atoms with van der Waals surface area (Å²) in [7, 11) is 1.36. The van der Waals surface area contributed by atoms with Crippen molar-refractivity contribution in [3.05, 3.63) is 68.0 Å². The van der Waals surface area contributed by atoms with Crippen LogP contribution in [0.15, 0.2) is 45.7 Å². The number of rotatable bonds is 4. The highest BCUT2D eigenvalue weighted by Crippen LogP contribution is 2.35. The van der Waals surface area contributed by atoms with E-state index in [4.69, 9.17) is 4.74 Å². The highest BCUT2D eigenvalue weighted by atomic mass is 79.9. The van der Waals surface area contributed by atoms with Gasteiger partial charge in [-0.25, -0.2) is 4.79 Å². The third kappa shape index (κ3) is 3.90. The molecule has 0 atom stereocenters. The lowest BCUT2D eigenvalue weighted by Gasteiger charge is -2.17. The van der Waals surface area contributed by atoms with Gasteiger partial charge in [-0.2, -0.15) is 22.5 Å². The van der Waals surface area contributed by atoms with E-state index < -0.39 is 24.0 Å². The molecule has 142 valence electrons. The topological polar surface area (TPSA) is 61.9 Å². The van der Waals surface area contributed by atoms with E-state index in [1.807, 2.05) is 6.92 Å². The van der Waals surface area contributed by atoms with Crippen LogP contribution in [0.1, 0.15) is 16.7 Å². The average Bonchev–Trinajstić information content (AvgIpc) is 2.92. The Bertz CT molecular complexity index is 1040. The minimum absolute atomic E-state index is 0.0360. The normalized spacial score (nSPS) is 11.6. The summed E-state index contributed by atoms with van der Waals surface area (Å²) in [6.45, 7) is 1.47. The molecule has 0 fully saturated rings. The van der Waals surface area contributed by atoms with Crippen LogP contribution >= 0.6 is 15.9 Å². The van der Waals surface area contributed by atoms with E-state index in [-0.39, 0.29) is 11.3 Å². The second kappa shape index (κ2) is 7.18. The first kappa shape index (κ1) is 19.2. The highest BCUT2D eigenvalue weighted by molar-refractivity contribution is 9.10. The van der Waals surface area contributed by atoms with Crippen molar-refractivity contribution in [2.75, 3.05) is 0 Å². The maximum Gasteiger partial charge on any atom is 0.416 e. The van der Waals surface area contributed by atoms with Crippen LogP contribution < -0.4 is 10.4 Å². The van der Waals surface area contributed by atoms with E-state index in [1.54, 1.807) is 18.2 Å². The molecule has 0 N–H and O–H groups in total. The van der Waals surface area contributed by atoms with Gasteiger partial charge in [0.05, 0.1) is 15.7 Å². The zero-order valence-corrected chi connectivity index (χ0v) is 15.9. The van der Waals surface area contributed by atoms with Crippen molar-refractivity contribution in [3.8, 4) is 11.4 Å². The van der Waals surface area contributed by atoms with Crippen LogP contribution in [0.3, 0.4) is 0 Å². The predicted molar refractivity (Wildman–Crippen MR) is 94.8 cm³/mol. The van der Waals surface area contributed by atoms with E-state index >= 15 is 0 Å². The molecule has 27 heavy (non-hydrogen) atoms. The molecule has 0 saturated heterocycles. The number of benzene rings is 2. The Hall–Kier alpha value is -2.62. The summed E-state index contributed by atoms with van der Waals surface area (Å²) in [6, 6.07) is 8.75. The minimum Gasteiger partial charge on any atom is -0.488 e. The van der Waals surface area contributed by atoms with Crippen LogP contribution in [0.2, 0.25) is 0 Å². The number of hydrogen-bond donors (Lipinski definition) is 0. The Morgan fingerprint density at radius 3 is 2.52 bits per heavy atom. The summed E-state index contributed by atoms with van der Waals surface area (Å²) >= 11 is 3.33. The van der Waals surface area contributed by atoms with Crippen molar-refractivity contribution in [1.82, 2.24) is 19.8 Å². The Morgan fingerprint density at radius 1 is 1.19 bits per heavy atom. The van der Waals surface area contributed by atoms with E-state index in [9.17, 15) is 18.0 Å². The Morgan fingerprint density at radius 2 is 1.93 bits per heavy atom. The Balaban J connectivity index is 2.08. The third-order valence-electron chi connectivity index (χ3n) is 3.87. The van der Waals surface area contributed by atoms with Crippen molar-refractivity contribution in [3.63, 3.8) is 0 Å². The number of aryl methyl sites for hydroxylation is 2. The fourth-order valence-corrected chi connectivity index (χ4v) is 3.14. The SMILES string of the molecule is Cc1ccc(OCc2c(-n3nnn(C)c3=O)cccc2C(F)(F)F)c(Br)c1. The van der Waals surface area contributed by atoms with Gasteiger partial charge in [0.1, 0.15) is 12.4 Å². The average molecular weight is 443 g/mol. The quantitative estimate of drug-likeness (QED) is 0.618. The number of halogens is 4. The van der Waals surface area contributed by atoms with Crippen LogP contribution in [0.4, 0.5) is 13.2 Å². The Labute approximate surface area is 160 Å². The van der Waals surface area contributed by atoms with E-state index in [0.717, 1.165) is 21.0 Å². The van der Waals surface area contributed by atoms with Crippen molar-refractivity contribution in [2.45, 2.75) is 19.7 Å². The fraction of sp³-hybridized carbons (Fsp3) is 0.235. The van der Waals surface area contributed by atoms with Crippen molar-refractivity contribution in [1.29, 1.82) is 0 Å². The first-order chi connectivity index (χ1) is 12.7. The molecule has 0 aliphatic rings. The summed E-state index contributed by atoms with van der Waals surface area (Å²) in [6.07, 6.45) is -4.62. The lowest BCUT2D eigenvalue weighted by molar-refractivity contribution is -0.138. The molecule has 1 aromatic heterocycles. The first-order valence-corrected chi connectivity index (χ1v) is 8.55. The number of nitrogens with zero attached hydrogens (tertiary/aromatic N) is 4. The number of aromatic nitrogens is 4. The van der Waals surface area contributed by atoms with Crippen LogP contribution in [0, 0.1) is 6.92 Å². The van der Waals surface area contributed by atoms with Gasteiger partial charge in [0.15, 0.2) is 0 Å². The summed E-state index contributed by atoms with van der Waals surface area (Å²) < 4.78 is 48.5. The summed E-state index contributed by atoms with van der Waals surface area (Å²) in [5.74, 6) is 0.384. The number of alkyl halides is 3. The van der Waals surface area contributed by atoms with E-state index in [1.165, 1.54) is 19.2 Å². The molecule has 1 heterocycles. The lowest BCUT2D eigenvalue weighted by atomic mass is 10.1. The zero-order chi connectivity index (χ0) is 19.8. The van der Waals surface area contributed by atoms with E-state index in [2.05, 4.69) is 26.4 Å². The maximum absolute atomic E-state index is 13.5. The predicted octanol–water partition coefficient (Wildman–Crippen LogP) is 3.63. The number of ether oxygens (including phenoxy) is 1. The van der Waals surface area contributed by atoms with Gasteiger partial charge in [0, 0.05) is 12.6 Å². The monoisotopic (exact) mass is 442 g/mol. The molecule has 0 spiro atoms. The number of tetrazole rings is 1. The standard InChI is InChI=1S/C17H14BrF3N4O2/c1-10-6-7-15(13(18)8-10)27-9-11-12(17(19,20)21)4-3-5-14(11)25-16(26)24(2)22-23-25/h3-8H,9H2,1-2H3. The van der Waals surface area contributed by atoms with Gasteiger partial charge >= 0.3 is 11.9 Å². The second-order valence-electron chi connectivity index (χ2n) is 5.82. The second-order valence-corrected chi connectivity index (χ2v) is 6.67. The van der Waals surface area contributed by atoms with Crippen LogP contribution in [0.25, 0.3) is 5.69 Å². The molecule has 0 saturated carbocycles. The molecule has 0 bridgehead atoms. The molecule has 10 heteroatoms. The van der Waals surface area contributed by atoms with Gasteiger partial charge in [-0.1, -0.05) is 12.1 Å². The molecular weight excluding hydrogens is 429 g/mol. The van der Waals surface area contributed by atoms with E-state index in [0.29, 0.717) is 10.2 Å². The fourth-order valence-electron chi connectivity index (χ4n) is 2.53. The molecule has 0 aliphatic carbocycles. The molecule has 0 amide bonds. The molecule has 0 radical (unpaired) electrons. The Kier molecular flexibility index (Phi) is 5.09. The molecule has 2 aromatic carbocycles. The van der Waals surface area contributed by atoms with Crippen LogP contribution in [-0.2, 0) is 19.8 Å². The van der Waals surface area contributed by atoms with Crippen molar-refractivity contribution in [2.24, 2.45) is 7.05 Å². The van der Waals surface area contributed by atoms with Gasteiger partial charge in [0.25, 0.3) is 0 Å². The van der Waals surface area contributed by atoms with Gasteiger partial charge in [-0.3, -0.25) is 0 Å². The minimum atomic E-state index is -4.62. The zero-order valence-electron chi connectivity index (χ0n) is 14.3. The van der Waals surface area contributed by atoms with Crippen LogP contribution in [0.5, 0.6) is 5.75 Å². The van der Waals surface area contributed by atoms with Gasteiger partial charge < -0.3 is 4.74 Å². The number of hydrogen-bond acceptors (Lipinski definition) is 4. The van der Waals surface area contributed by atoms with Crippen LogP contribution in [-0.4, -0.2) is 19.8 Å². The molecule has 3 rings (SSSR count). The molecule has 6 nitrogen and oxygen atoms in total. The summed E-state index contributed by atoms with van der Waals surface area (Å²) in [5.41, 5.74) is -0.837. The molecule has 3 aromatic rings. The lowest BCUT2D eigenvalue weighted by Crippen LogP contribution is -2.24. The molecule has 0 aliphatic heterocycles. The summed E-state index contributed by atoms with van der Waals surface area (Å²) in [4.78, 5) is 12.1. The van der Waals surface area contributed by atoms with Crippen molar-refractivity contribution < 1.29 is 17.9 Å². The van der Waals surface area contributed by atoms with Gasteiger partial charge in [-0.05, 0) is 63.1 Å².